The maximum atomic E-state index is 10.5. The molecule has 0 bridgehead atoms. The molecule has 9 heteroatoms. The minimum absolute atomic E-state index is 0.141. The number of hydrogen-bond donors (Lipinski definition) is 3. The summed E-state index contributed by atoms with van der Waals surface area (Å²) in [5.41, 5.74) is 2.88. The lowest BCUT2D eigenvalue weighted by molar-refractivity contribution is 0.193. The first-order valence-corrected chi connectivity index (χ1v) is 9.23. The molecule has 0 fully saturated rings. The number of benzene rings is 1. The summed E-state index contributed by atoms with van der Waals surface area (Å²) in [5, 5.41) is 22.5. The molecule has 1 aromatic carbocycles. The van der Waals surface area contributed by atoms with Crippen molar-refractivity contribution in [3.63, 3.8) is 0 Å². The second kappa shape index (κ2) is 9.54. The highest BCUT2D eigenvalue weighted by molar-refractivity contribution is 5.64. The second-order valence-electron chi connectivity index (χ2n) is 6.73. The fourth-order valence-corrected chi connectivity index (χ4v) is 2.76. The molecule has 3 rings (SSSR count). The van der Waals surface area contributed by atoms with Crippen LogP contribution in [0, 0.1) is 5.92 Å². The van der Waals surface area contributed by atoms with Crippen LogP contribution in [0.2, 0.25) is 0 Å². The van der Waals surface area contributed by atoms with Crippen molar-refractivity contribution in [3.05, 3.63) is 54.4 Å². The van der Waals surface area contributed by atoms with Crippen molar-refractivity contribution < 1.29 is 14.6 Å². The van der Waals surface area contributed by atoms with Gasteiger partial charge in [0.1, 0.15) is 11.6 Å². The third-order valence-electron chi connectivity index (χ3n) is 4.40. The summed E-state index contributed by atoms with van der Waals surface area (Å²) < 4.78 is 7.01. The van der Waals surface area contributed by atoms with Crippen LogP contribution >= 0.6 is 0 Å². The third kappa shape index (κ3) is 5.68. The number of hydrogen-bond acceptors (Lipinski definition) is 6. The fourth-order valence-electron chi connectivity index (χ4n) is 2.76. The molecule has 9 nitrogen and oxygen atoms in total. The second-order valence-corrected chi connectivity index (χ2v) is 6.73. The fraction of sp³-hybridized carbons (Fsp3) is 0.300. The molecule has 0 saturated heterocycles. The highest BCUT2D eigenvalue weighted by atomic mass is 16.5. The molecule has 29 heavy (non-hydrogen) atoms. The van der Waals surface area contributed by atoms with Crippen LogP contribution in [0.1, 0.15) is 12.5 Å². The zero-order valence-electron chi connectivity index (χ0n) is 16.4. The molecule has 2 aromatic heterocycles. The molecule has 152 valence electrons. The molecule has 0 aliphatic heterocycles. The summed E-state index contributed by atoms with van der Waals surface area (Å²) in [6.07, 6.45) is 2.47. The Morgan fingerprint density at radius 1 is 1.17 bits per heavy atom. The average molecular weight is 396 g/mol. The molecule has 1 unspecified atom stereocenters. The monoisotopic (exact) mass is 396 g/mol. The molecular formula is C20H24N6O3. The van der Waals surface area contributed by atoms with Crippen molar-refractivity contribution in [2.24, 2.45) is 5.92 Å². The van der Waals surface area contributed by atoms with Gasteiger partial charge in [0.15, 0.2) is 0 Å². The Balaban J connectivity index is 1.61. The van der Waals surface area contributed by atoms with E-state index < -0.39 is 6.09 Å². The zero-order chi connectivity index (χ0) is 20.6. The molecule has 1 atom stereocenters. The van der Waals surface area contributed by atoms with E-state index in [-0.39, 0.29) is 5.92 Å². The van der Waals surface area contributed by atoms with Crippen LogP contribution in [0.5, 0.6) is 5.75 Å². The van der Waals surface area contributed by atoms with Crippen molar-refractivity contribution in [3.8, 4) is 17.0 Å². The Kier molecular flexibility index (Phi) is 6.62. The SMILES string of the molecule is COc1ccc(Cn2nncc2-c2ccc(NCC(C)CNC(=O)O)nc2)cc1. The van der Waals surface area contributed by atoms with Gasteiger partial charge in [0.2, 0.25) is 0 Å². The highest BCUT2D eigenvalue weighted by Gasteiger charge is 2.09. The first kappa shape index (κ1) is 20.1. The van der Waals surface area contributed by atoms with Gasteiger partial charge in [-0.2, -0.15) is 0 Å². The van der Waals surface area contributed by atoms with Crippen molar-refractivity contribution in [1.29, 1.82) is 0 Å². The molecule has 1 amide bonds. The van der Waals surface area contributed by atoms with E-state index in [2.05, 4.69) is 25.9 Å². The van der Waals surface area contributed by atoms with Crippen LogP contribution < -0.4 is 15.4 Å². The van der Waals surface area contributed by atoms with Crippen molar-refractivity contribution in [1.82, 2.24) is 25.3 Å². The van der Waals surface area contributed by atoms with Crippen LogP contribution in [0.15, 0.2) is 48.8 Å². The smallest absolute Gasteiger partial charge is 0.404 e. The molecule has 3 aromatic rings. The van der Waals surface area contributed by atoms with E-state index in [0.717, 1.165) is 28.4 Å². The van der Waals surface area contributed by atoms with E-state index in [4.69, 9.17) is 9.84 Å². The highest BCUT2D eigenvalue weighted by Crippen LogP contribution is 2.20. The van der Waals surface area contributed by atoms with Crippen LogP contribution in [-0.4, -0.2) is 51.4 Å². The summed E-state index contributed by atoms with van der Waals surface area (Å²) >= 11 is 0. The van der Waals surface area contributed by atoms with Crippen LogP contribution in [0.25, 0.3) is 11.3 Å². The average Bonchev–Trinajstić information content (AvgIpc) is 3.19. The van der Waals surface area contributed by atoms with Gasteiger partial charge in [-0.15, -0.1) is 5.10 Å². The zero-order valence-corrected chi connectivity index (χ0v) is 16.4. The van der Waals surface area contributed by atoms with Gasteiger partial charge in [0, 0.05) is 24.8 Å². The number of nitrogens with zero attached hydrogens (tertiary/aromatic N) is 4. The Morgan fingerprint density at radius 2 is 1.97 bits per heavy atom. The van der Waals surface area contributed by atoms with E-state index >= 15 is 0 Å². The molecule has 0 aliphatic rings. The Morgan fingerprint density at radius 3 is 2.62 bits per heavy atom. The maximum absolute atomic E-state index is 10.5. The molecular weight excluding hydrogens is 372 g/mol. The molecule has 0 aliphatic carbocycles. The van der Waals surface area contributed by atoms with Gasteiger partial charge in [-0.25, -0.2) is 14.5 Å². The number of pyridine rings is 1. The van der Waals surface area contributed by atoms with Gasteiger partial charge in [0.05, 0.1) is 25.5 Å². The van der Waals surface area contributed by atoms with Gasteiger partial charge in [-0.3, -0.25) is 0 Å². The van der Waals surface area contributed by atoms with Gasteiger partial charge in [-0.1, -0.05) is 24.3 Å². The van der Waals surface area contributed by atoms with E-state index in [1.807, 2.05) is 48.0 Å². The van der Waals surface area contributed by atoms with Gasteiger partial charge in [0.25, 0.3) is 0 Å². The van der Waals surface area contributed by atoms with E-state index in [1.54, 1.807) is 19.5 Å². The largest absolute Gasteiger partial charge is 0.497 e. The number of anilines is 1. The maximum Gasteiger partial charge on any atom is 0.404 e. The van der Waals surface area contributed by atoms with Gasteiger partial charge >= 0.3 is 6.09 Å². The van der Waals surface area contributed by atoms with Crippen LogP contribution in [-0.2, 0) is 6.54 Å². The minimum Gasteiger partial charge on any atom is -0.497 e. The predicted molar refractivity (Wildman–Crippen MR) is 109 cm³/mol. The molecule has 0 spiro atoms. The summed E-state index contributed by atoms with van der Waals surface area (Å²) in [5.74, 6) is 1.68. The third-order valence-corrected chi connectivity index (χ3v) is 4.40. The van der Waals surface area contributed by atoms with Crippen molar-refractivity contribution >= 4 is 11.9 Å². The Labute approximate surface area is 168 Å². The quantitative estimate of drug-likeness (QED) is 0.509. The number of amides is 1. The predicted octanol–water partition coefficient (Wildman–Crippen LogP) is 2.71. The number of nitrogens with one attached hydrogen (secondary N) is 2. The first-order chi connectivity index (χ1) is 14.0. The van der Waals surface area contributed by atoms with Crippen molar-refractivity contribution in [2.75, 3.05) is 25.5 Å². The standard InChI is InChI=1S/C20H24N6O3/c1-14(10-23-20(27)28)9-21-19-8-5-16(11-22-19)18-12-24-25-26(18)13-15-3-6-17(29-2)7-4-15/h3-8,11-12,14,23H,9-10,13H2,1-2H3,(H,21,22)(H,27,28). The topological polar surface area (TPSA) is 114 Å². The summed E-state index contributed by atoms with van der Waals surface area (Å²) in [4.78, 5) is 15.0. The van der Waals surface area contributed by atoms with E-state index in [1.165, 1.54) is 0 Å². The number of aromatic nitrogens is 4. The number of methoxy groups -OCH3 is 1. The molecule has 0 radical (unpaired) electrons. The minimum atomic E-state index is -1.01. The molecule has 2 heterocycles. The van der Waals surface area contributed by atoms with Gasteiger partial charge in [-0.05, 0) is 35.7 Å². The lowest BCUT2D eigenvalue weighted by atomic mass is 10.1. The van der Waals surface area contributed by atoms with E-state index in [9.17, 15) is 4.79 Å². The molecule has 3 N–H and O–H groups in total. The lowest BCUT2D eigenvalue weighted by Gasteiger charge is -2.13. The number of rotatable bonds is 9. The summed E-state index contributed by atoms with van der Waals surface area (Å²) in [7, 11) is 1.64. The Bertz CT molecular complexity index is 924. The Hall–Kier alpha value is -3.62. The summed E-state index contributed by atoms with van der Waals surface area (Å²) in [6.45, 7) is 3.55. The van der Waals surface area contributed by atoms with Gasteiger partial charge < -0.3 is 20.5 Å². The van der Waals surface area contributed by atoms with Crippen molar-refractivity contribution in [2.45, 2.75) is 13.5 Å². The van der Waals surface area contributed by atoms with E-state index in [0.29, 0.717) is 19.6 Å². The van der Waals surface area contributed by atoms with Crippen LogP contribution in [0.4, 0.5) is 10.6 Å². The normalized spacial score (nSPS) is 11.7. The number of ether oxygens (including phenoxy) is 1. The number of carbonyl (C=O) groups is 1. The summed E-state index contributed by atoms with van der Waals surface area (Å²) in [6, 6.07) is 11.7. The van der Waals surface area contributed by atoms with Crippen LogP contribution in [0.3, 0.4) is 0 Å². The lowest BCUT2D eigenvalue weighted by Crippen LogP contribution is -2.29. The molecule has 0 saturated carbocycles. The first-order valence-electron chi connectivity index (χ1n) is 9.23. The number of carboxylic acid groups (broad SMARTS) is 1.